The first-order chi connectivity index (χ1) is 6.81. The summed E-state index contributed by atoms with van der Waals surface area (Å²) >= 11 is 0. The van der Waals surface area contributed by atoms with Gasteiger partial charge < -0.3 is 4.74 Å². The van der Waals surface area contributed by atoms with Crippen LogP contribution in [0.3, 0.4) is 0 Å². The van der Waals surface area contributed by atoms with Crippen LogP contribution in [0, 0.1) is 0 Å². The minimum absolute atomic E-state index is 0.496. The maximum atomic E-state index is 10.6. The van der Waals surface area contributed by atoms with Crippen molar-refractivity contribution in [2.75, 3.05) is 7.11 Å². The van der Waals surface area contributed by atoms with Crippen LogP contribution in [-0.2, 0) is 4.79 Å². The molecule has 3 heteroatoms. The number of methoxy groups -OCH3 is 1. The number of ether oxygens (including phenoxy) is 1. The summed E-state index contributed by atoms with van der Waals surface area (Å²) in [6.45, 7) is 0. The molecule has 0 bridgehead atoms. The van der Waals surface area contributed by atoms with Crippen LogP contribution in [0.1, 0.15) is 15.9 Å². The Balaban J connectivity index is 3.06. The average Bonchev–Trinajstić information content (AvgIpc) is 2.25. The Labute approximate surface area is 82.0 Å². The zero-order valence-electron chi connectivity index (χ0n) is 7.77. The lowest BCUT2D eigenvalue weighted by Gasteiger charge is -2.03. The first kappa shape index (κ1) is 10.2. The zero-order valence-corrected chi connectivity index (χ0v) is 7.77. The Kier molecular flexibility index (Phi) is 3.61. The quantitative estimate of drug-likeness (QED) is 0.536. The minimum atomic E-state index is 0.496. The van der Waals surface area contributed by atoms with Gasteiger partial charge in [0.25, 0.3) is 0 Å². The van der Waals surface area contributed by atoms with Gasteiger partial charge in [0.1, 0.15) is 12.0 Å². The molecular formula is C11H10O3. The predicted octanol–water partition coefficient (Wildman–Crippen LogP) is 1.72. The predicted molar refractivity (Wildman–Crippen MR) is 53.5 cm³/mol. The van der Waals surface area contributed by atoms with Crippen molar-refractivity contribution in [2.45, 2.75) is 0 Å². The molecule has 0 aliphatic heterocycles. The second-order valence-corrected chi connectivity index (χ2v) is 2.61. The van der Waals surface area contributed by atoms with Gasteiger partial charge in [0.15, 0.2) is 6.29 Å². The molecule has 0 aromatic heterocycles. The maximum absolute atomic E-state index is 10.6. The highest BCUT2D eigenvalue weighted by Crippen LogP contribution is 2.18. The molecule has 0 aliphatic rings. The van der Waals surface area contributed by atoms with Crippen LogP contribution in [-0.4, -0.2) is 19.7 Å². The highest BCUT2D eigenvalue weighted by Gasteiger charge is 2.00. The standard InChI is InChI=1S/C11H10O3/c1-14-11-7-9(3-2-6-12)4-5-10(11)8-13/h2-8H,1H3. The van der Waals surface area contributed by atoms with Crippen LogP contribution >= 0.6 is 0 Å². The number of aldehydes is 2. The van der Waals surface area contributed by atoms with Crippen molar-refractivity contribution in [3.05, 3.63) is 35.4 Å². The molecule has 0 radical (unpaired) electrons. The van der Waals surface area contributed by atoms with Gasteiger partial charge in [-0.3, -0.25) is 9.59 Å². The van der Waals surface area contributed by atoms with Crippen LogP contribution in [0.15, 0.2) is 24.3 Å². The smallest absolute Gasteiger partial charge is 0.153 e. The van der Waals surface area contributed by atoms with E-state index in [-0.39, 0.29) is 0 Å². The molecule has 0 unspecified atom stereocenters. The molecular weight excluding hydrogens is 180 g/mol. The van der Waals surface area contributed by atoms with E-state index in [1.165, 1.54) is 13.2 Å². The Hall–Kier alpha value is -1.90. The summed E-state index contributed by atoms with van der Waals surface area (Å²) < 4.78 is 5.00. The van der Waals surface area contributed by atoms with E-state index in [9.17, 15) is 9.59 Å². The lowest BCUT2D eigenvalue weighted by Crippen LogP contribution is -1.90. The molecule has 0 fully saturated rings. The summed E-state index contributed by atoms with van der Waals surface area (Å²) in [5.74, 6) is 0.507. The van der Waals surface area contributed by atoms with Crippen LogP contribution < -0.4 is 4.74 Å². The van der Waals surface area contributed by atoms with Crippen molar-refractivity contribution < 1.29 is 14.3 Å². The molecule has 0 spiro atoms. The van der Waals surface area contributed by atoms with Gasteiger partial charge >= 0.3 is 0 Å². The van der Waals surface area contributed by atoms with Gasteiger partial charge in [0, 0.05) is 0 Å². The van der Waals surface area contributed by atoms with Crippen molar-refractivity contribution in [1.29, 1.82) is 0 Å². The molecule has 0 saturated heterocycles. The Morgan fingerprint density at radius 2 is 2.07 bits per heavy atom. The summed E-state index contributed by atoms with van der Waals surface area (Å²) in [5.41, 5.74) is 1.32. The normalized spacial score (nSPS) is 10.1. The van der Waals surface area contributed by atoms with E-state index in [4.69, 9.17) is 4.74 Å². The average molecular weight is 190 g/mol. The number of benzene rings is 1. The van der Waals surface area contributed by atoms with Crippen LogP contribution in [0.25, 0.3) is 6.08 Å². The Bertz CT molecular complexity index is 367. The Morgan fingerprint density at radius 1 is 1.29 bits per heavy atom. The van der Waals surface area contributed by atoms with E-state index < -0.39 is 0 Å². The second-order valence-electron chi connectivity index (χ2n) is 2.61. The molecule has 0 saturated carbocycles. The largest absolute Gasteiger partial charge is 0.496 e. The summed E-state index contributed by atoms with van der Waals surface area (Å²) in [6.07, 6.45) is 4.45. The van der Waals surface area contributed by atoms with Crippen molar-refractivity contribution in [1.82, 2.24) is 0 Å². The number of carbonyl (C=O) groups excluding carboxylic acids is 2. The van der Waals surface area contributed by atoms with E-state index in [1.807, 2.05) is 0 Å². The van der Waals surface area contributed by atoms with Crippen molar-refractivity contribution >= 4 is 18.6 Å². The van der Waals surface area contributed by atoms with Gasteiger partial charge in [0.2, 0.25) is 0 Å². The van der Waals surface area contributed by atoms with Crippen molar-refractivity contribution in [3.8, 4) is 5.75 Å². The van der Waals surface area contributed by atoms with Gasteiger partial charge in [0.05, 0.1) is 12.7 Å². The van der Waals surface area contributed by atoms with Crippen LogP contribution in [0.4, 0.5) is 0 Å². The fraction of sp³-hybridized carbons (Fsp3) is 0.0909. The molecule has 0 amide bonds. The molecule has 1 aromatic carbocycles. The molecule has 1 rings (SSSR count). The van der Waals surface area contributed by atoms with Crippen LogP contribution in [0.5, 0.6) is 5.75 Å². The first-order valence-electron chi connectivity index (χ1n) is 4.07. The van der Waals surface area contributed by atoms with E-state index >= 15 is 0 Å². The van der Waals surface area contributed by atoms with E-state index in [1.54, 1.807) is 24.3 Å². The molecule has 14 heavy (non-hydrogen) atoms. The fourth-order valence-electron chi connectivity index (χ4n) is 1.08. The number of rotatable bonds is 4. The summed E-state index contributed by atoms with van der Waals surface area (Å²) in [7, 11) is 1.50. The third-order valence-electron chi connectivity index (χ3n) is 1.75. The van der Waals surface area contributed by atoms with Gasteiger partial charge in [-0.05, 0) is 23.8 Å². The van der Waals surface area contributed by atoms with Crippen LogP contribution in [0.2, 0.25) is 0 Å². The molecule has 72 valence electrons. The molecule has 3 nitrogen and oxygen atoms in total. The molecule has 0 aliphatic carbocycles. The minimum Gasteiger partial charge on any atom is -0.496 e. The summed E-state index contributed by atoms with van der Waals surface area (Å²) in [5, 5.41) is 0. The number of carbonyl (C=O) groups is 2. The fourth-order valence-corrected chi connectivity index (χ4v) is 1.08. The zero-order chi connectivity index (χ0) is 10.4. The van der Waals surface area contributed by atoms with E-state index in [2.05, 4.69) is 0 Å². The highest BCUT2D eigenvalue weighted by atomic mass is 16.5. The third kappa shape index (κ3) is 2.29. The monoisotopic (exact) mass is 190 g/mol. The number of hydrogen-bond acceptors (Lipinski definition) is 3. The van der Waals surface area contributed by atoms with Crippen molar-refractivity contribution in [3.63, 3.8) is 0 Å². The molecule has 0 heterocycles. The second kappa shape index (κ2) is 4.97. The lowest BCUT2D eigenvalue weighted by atomic mass is 10.1. The van der Waals surface area contributed by atoms with E-state index in [0.29, 0.717) is 17.6 Å². The van der Waals surface area contributed by atoms with Gasteiger partial charge in [-0.25, -0.2) is 0 Å². The molecule has 0 N–H and O–H groups in total. The Morgan fingerprint density at radius 3 is 2.64 bits per heavy atom. The first-order valence-corrected chi connectivity index (χ1v) is 4.07. The topological polar surface area (TPSA) is 43.4 Å². The SMILES string of the molecule is COc1cc(C=CC=O)ccc1C=O. The highest BCUT2D eigenvalue weighted by molar-refractivity contribution is 5.81. The van der Waals surface area contributed by atoms with Gasteiger partial charge in [-0.2, -0.15) is 0 Å². The maximum Gasteiger partial charge on any atom is 0.153 e. The van der Waals surface area contributed by atoms with Crippen molar-refractivity contribution in [2.24, 2.45) is 0 Å². The van der Waals surface area contributed by atoms with E-state index in [0.717, 1.165) is 11.8 Å². The van der Waals surface area contributed by atoms with Gasteiger partial charge in [-0.15, -0.1) is 0 Å². The van der Waals surface area contributed by atoms with Gasteiger partial charge in [-0.1, -0.05) is 12.1 Å². The third-order valence-corrected chi connectivity index (χ3v) is 1.75. The number of hydrogen-bond donors (Lipinski definition) is 0. The summed E-state index contributed by atoms with van der Waals surface area (Å²) in [6, 6.07) is 5.09. The summed E-state index contributed by atoms with van der Waals surface area (Å²) in [4.78, 5) is 20.6. The molecule has 0 atom stereocenters. The number of allylic oxidation sites excluding steroid dienone is 1. The molecule has 1 aromatic rings. The lowest BCUT2D eigenvalue weighted by molar-refractivity contribution is -0.104.